The van der Waals surface area contributed by atoms with Crippen molar-refractivity contribution in [2.75, 3.05) is 13.2 Å². The molecule has 14 heavy (non-hydrogen) atoms. The molecule has 0 N–H and O–H groups in total. The Hall–Kier alpha value is -2.19. The molecule has 0 saturated carbocycles. The van der Waals surface area contributed by atoms with E-state index in [4.69, 9.17) is 10.7 Å². The third-order valence-electron chi connectivity index (χ3n) is 1.50. The topological polar surface area (TPSA) is 106 Å². The highest BCUT2D eigenvalue weighted by Crippen LogP contribution is 2.10. The van der Waals surface area contributed by atoms with Crippen molar-refractivity contribution in [3.8, 4) is 6.19 Å². The number of aliphatic imine (C=N–C) groups is 2. The van der Waals surface area contributed by atoms with Gasteiger partial charge in [0.25, 0.3) is 0 Å². The van der Waals surface area contributed by atoms with Crippen molar-refractivity contribution in [1.29, 1.82) is 5.26 Å². The number of carbonyl (C=O) groups is 1. The van der Waals surface area contributed by atoms with Gasteiger partial charge in [-0.15, -0.1) is 6.01 Å². The Bertz CT molecular complexity index is 340. The summed E-state index contributed by atoms with van der Waals surface area (Å²) in [5, 5.41) is 16.6. The zero-order valence-electron chi connectivity index (χ0n) is 7.01. The second-order valence-electron chi connectivity index (χ2n) is 2.35. The summed E-state index contributed by atoms with van der Waals surface area (Å²) < 4.78 is 9.09. The fourth-order valence-corrected chi connectivity index (χ4v) is 0.886. The normalized spacial score (nSPS) is 17.4. The van der Waals surface area contributed by atoms with E-state index in [2.05, 4.69) is 19.5 Å². The van der Waals surface area contributed by atoms with Gasteiger partial charge in [0.05, 0.1) is 11.8 Å². The molecule has 0 radical (unpaired) electrons. The van der Waals surface area contributed by atoms with Crippen LogP contribution >= 0.6 is 0 Å². The number of ether oxygens (including phenoxy) is 2. The largest absolute Gasteiger partial charge is 0.508 e. The SMILES string of the molecule is N#CN=C(N=C=[N-])C1COC(=O)OC1. The Kier molecular flexibility index (Phi) is 3.35. The van der Waals surface area contributed by atoms with Crippen LogP contribution in [0.1, 0.15) is 0 Å². The van der Waals surface area contributed by atoms with Gasteiger partial charge in [-0.2, -0.15) is 10.3 Å². The molecule has 1 rings (SSSR count). The van der Waals surface area contributed by atoms with Crippen LogP contribution < -0.4 is 0 Å². The summed E-state index contributed by atoms with van der Waals surface area (Å²) in [6.45, 7) is 0.0368. The lowest BCUT2D eigenvalue weighted by Gasteiger charge is -2.22. The van der Waals surface area contributed by atoms with E-state index < -0.39 is 12.1 Å². The molecule has 1 aliphatic rings. The molecular formula is C7H5N4O3-. The molecule has 0 aromatic heterocycles. The molecule has 0 amide bonds. The minimum absolute atomic E-state index is 0.0162. The second-order valence-corrected chi connectivity index (χ2v) is 2.35. The first-order valence-corrected chi connectivity index (χ1v) is 3.64. The number of hydrogen-bond donors (Lipinski definition) is 0. The van der Waals surface area contributed by atoms with Gasteiger partial charge < -0.3 is 19.9 Å². The van der Waals surface area contributed by atoms with E-state index in [1.165, 1.54) is 12.2 Å². The number of carbonyl (C=O) groups excluding carboxylic acids is 1. The number of rotatable bonds is 1. The Morgan fingerprint density at radius 1 is 1.57 bits per heavy atom. The molecule has 7 heteroatoms. The summed E-state index contributed by atoms with van der Waals surface area (Å²) in [5.74, 6) is -0.436. The first-order chi connectivity index (χ1) is 6.77. The highest BCUT2D eigenvalue weighted by molar-refractivity contribution is 5.91. The van der Waals surface area contributed by atoms with Gasteiger partial charge in [0.15, 0.2) is 0 Å². The van der Waals surface area contributed by atoms with Gasteiger partial charge in [-0.05, 0) is 0 Å². The molecule has 1 saturated heterocycles. The molecule has 1 heterocycles. The molecule has 0 unspecified atom stereocenters. The van der Waals surface area contributed by atoms with Gasteiger partial charge in [0, 0.05) is 0 Å². The van der Waals surface area contributed by atoms with Gasteiger partial charge in [-0.25, -0.2) is 4.79 Å². The van der Waals surface area contributed by atoms with Crippen molar-refractivity contribution in [2.45, 2.75) is 0 Å². The van der Waals surface area contributed by atoms with E-state index in [1.54, 1.807) is 0 Å². The molecule has 1 fully saturated rings. The van der Waals surface area contributed by atoms with Crippen LogP contribution in [0.5, 0.6) is 0 Å². The van der Waals surface area contributed by atoms with Crippen LogP contribution in [0.4, 0.5) is 4.79 Å². The van der Waals surface area contributed by atoms with Crippen molar-refractivity contribution in [1.82, 2.24) is 0 Å². The van der Waals surface area contributed by atoms with Crippen LogP contribution in [-0.4, -0.2) is 31.2 Å². The molecule has 0 atom stereocenters. The fourth-order valence-electron chi connectivity index (χ4n) is 0.886. The van der Waals surface area contributed by atoms with Crippen molar-refractivity contribution >= 4 is 18.0 Å². The van der Waals surface area contributed by atoms with Crippen molar-refractivity contribution in [2.24, 2.45) is 15.9 Å². The monoisotopic (exact) mass is 193 g/mol. The highest BCUT2D eigenvalue weighted by atomic mass is 16.7. The lowest BCUT2D eigenvalue weighted by molar-refractivity contribution is 0.00414. The van der Waals surface area contributed by atoms with Crippen molar-refractivity contribution in [3.05, 3.63) is 5.41 Å². The van der Waals surface area contributed by atoms with E-state index in [0.29, 0.717) is 0 Å². The fraction of sp³-hybridized carbons (Fsp3) is 0.429. The van der Waals surface area contributed by atoms with Crippen LogP contribution in [0.3, 0.4) is 0 Å². The standard InChI is InChI=1S/C7H5N4O3/c8-3-10-6(11-4-9)5-1-13-7(12)14-2-5/h5H,1-2H2/q-1. The summed E-state index contributed by atoms with van der Waals surface area (Å²) in [6.07, 6.45) is 0.739. The average molecular weight is 193 g/mol. The Morgan fingerprint density at radius 3 is 2.71 bits per heavy atom. The highest BCUT2D eigenvalue weighted by Gasteiger charge is 2.23. The van der Waals surface area contributed by atoms with E-state index in [0.717, 1.165) is 0 Å². The zero-order valence-corrected chi connectivity index (χ0v) is 7.01. The summed E-state index contributed by atoms with van der Waals surface area (Å²) in [5.41, 5.74) is 0. The van der Waals surface area contributed by atoms with Crippen LogP contribution in [0.25, 0.3) is 5.41 Å². The molecule has 7 nitrogen and oxygen atoms in total. The Balaban J connectivity index is 2.71. The van der Waals surface area contributed by atoms with Crippen LogP contribution in [-0.2, 0) is 9.47 Å². The van der Waals surface area contributed by atoms with Crippen molar-refractivity contribution in [3.63, 3.8) is 0 Å². The van der Waals surface area contributed by atoms with E-state index >= 15 is 0 Å². The first kappa shape index (κ1) is 9.89. The van der Waals surface area contributed by atoms with Gasteiger partial charge in [0.2, 0.25) is 6.19 Å². The van der Waals surface area contributed by atoms with Crippen LogP contribution in [0.15, 0.2) is 9.98 Å². The van der Waals surface area contributed by atoms with Gasteiger partial charge in [-0.3, -0.25) is 0 Å². The predicted octanol–water partition coefficient (Wildman–Crippen LogP) is 0.392. The summed E-state index contributed by atoms with van der Waals surface area (Å²) >= 11 is 0. The maximum absolute atomic E-state index is 10.5. The molecule has 0 aromatic rings. The predicted molar refractivity (Wildman–Crippen MR) is 44.6 cm³/mol. The second kappa shape index (κ2) is 4.74. The van der Waals surface area contributed by atoms with E-state index in [-0.39, 0.29) is 19.0 Å². The van der Waals surface area contributed by atoms with Gasteiger partial charge in [0.1, 0.15) is 13.2 Å². The van der Waals surface area contributed by atoms with Gasteiger partial charge in [-0.1, -0.05) is 0 Å². The third kappa shape index (κ3) is 2.40. The zero-order chi connectivity index (χ0) is 10.4. The summed E-state index contributed by atoms with van der Waals surface area (Å²) in [6, 6.07) is 1.51. The number of nitriles is 1. The third-order valence-corrected chi connectivity index (χ3v) is 1.50. The number of nitrogens with zero attached hydrogens (tertiary/aromatic N) is 4. The minimum atomic E-state index is -0.769. The van der Waals surface area contributed by atoms with E-state index in [9.17, 15) is 4.79 Å². The lowest BCUT2D eigenvalue weighted by atomic mass is 10.1. The molecule has 0 bridgehead atoms. The number of cyclic esters (lactones) is 2. The smallest absolute Gasteiger partial charge is 0.433 e. The molecule has 1 aliphatic heterocycles. The Morgan fingerprint density at radius 2 is 2.21 bits per heavy atom. The van der Waals surface area contributed by atoms with Gasteiger partial charge >= 0.3 is 6.16 Å². The first-order valence-electron chi connectivity index (χ1n) is 3.64. The molecule has 72 valence electrons. The van der Waals surface area contributed by atoms with Crippen LogP contribution in [0, 0.1) is 17.4 Å². The number of hydrogen-bond acceptors (Lipinski definition) is 5. The number of amidine groups is 1. The van der Waals surface area contributed by atoms with Crippen LogP contribution in [0.2, 0.25) is 0 Å². The molecular weight excluding hydrogens is 188 g/mol. The Labute approximate surface area is 79.2 Å². The lowest BCUT2D eigenvalue weighted by Crippen LogP contribution is -2.32. The quantitative estimate of drug-likeness (QED) is 0.260. The summed E-state index contributed by atoms with van der Waals surface area (Å²) in [7, 11) is 0. The summed E-state index contributed by atoms with van der Waals surface area (Å²) in [4.78, 5) is 17.2. The molecule has 0 spiro atoms. The average Bonchev–Trinajstić information content (AvgIpc) is 2.19. The van der Waals surface area contributed by atoms with E-state index in [1.807, 2.05) is 0 Å². The molecule has 0 aliphatic carbocycles. The molecule has 0 aromatic carbocycles. The maximum atomic E-state index is 10.5. The van der Waals surface area contributed by atoms with Crippen molar-refractivity contribution < 1.29 is 14.3 Å². The maximum Gasteiger partial charge on any atom is 0.508 e. The minimum Gasteiger partial charge on any atom is -0.433 e.